The van der Waals surface area contributed by atoms with E-state index in [-0.39, 0.29) is 17.7 Å². The Morgan fingerprint density at radius 2 is 2.17 bits per heavy atom. The first-order valence-corrected chi connectivity index (χ1v) is 6.02. The Kier molecular flexibility index (Phi) is 5.03. The molecule has 1 aromatic heterocycles. The number of nitrogens with one attached hydrogen (secondary N) is 1. The highest BCUT2D eigenvalue weighted by molar-refractivity contribution is 5.44. The third-order valence-electron chi connectivity index (χ3n) is 3.43. The molecule has 2 N–H and O–H groups in total. The van der Waals surface area contributed by atoms with E-state index in [2.05, 4.69) is 10.3 Å². The molecular weight excluding hydrogens is 234 g/mol. The van der Waals surface area contributed by atoms with Crippen LogP contribution in [-0.2, 0) is 0 Å². The van der Waals surface area contributed by atoms with Crippen molar-refractivity contribution in [1.82, 2.24) is 4.98 Å². The van der Waals surface area contributed by atoms with Gasteiger partial charge in [-0.2, -0.15) is 0 Å². The number of aliphatic hydroxyl groups excluding tert-OH is 1. The lowest BCUT2D eigenvalue weighted by atomic mass is 9.83. The van der Waals surface area contributed by atoms with E-state index < -0.39 is 4.92 Å². The first-order valence-electron chi connectivity index (χ1n) is 6.02. The lowest BCUT2D eigenvalue weighted by Crippen LogP contribution is -2.32. The van der Waals surface area contributed by atoms with E-state index in [0.29, 0.717) is 12.4 Å². The Bertz CT molecular complexity index is 397. The number of aliphatic hydroxyl groups is 1. The highest BCUT2D eigenvalue weighted by Gasteiger charge is 2.25. The van der Waals surface area contributed by atoms with Crippen LogP contribution < -0.4 is 5.32 Å². The van der Waals surface area contributed by atoms with Crippen LogP contribution in [-0.4, -0.2) is 28.2 Å². The summed E-state index contributed by atoms with van der Waals surface area (Å²) < 4.78 is 0. The van der Waals surface area contributed by atoms with E-state index in [9.17, 15) is 15.2 Å². The third kappa shape index (κ3) is 3.40. The maximum absolute atomic E-state index is 10.6. The number of hydrogen-bond acceptors (Lipinski definition) is 5. The summed E-state index contributed by atoms with van der Waals surface area (Å²) in [6, 6.07) is 2.75. The molecule has 6 heteroatoms. The zero-order valence-corrected chi connectivity index (χ0v) is 10.7. The summed E-state index contributed by atoms with van der Waals surface area (Å²) >= 11 is 0. The molecule has 0 radical (unpaired) electrons. The van der Waals surface area contributed by atoms with Crippen LogP contribution in [0.15, 0.2) is 18.3 Å². The van der Waals surface area contributed by atoms with Crippen LogP contribution in [0.2, 0.25) is 0 Å². The van der Waals surface area contributed by atoms with Gasteiger partial charge < -0.3 is 10.4 Å². The maximum atomic E-state index is 10.6. The van der Waals surface area contributed by atoms with Crippen LogP contribution >= 0.6 is 0 Å². The van der Waals surface area contributed by atoms with Crippen LogP contribution in [0.25, 0.3) is 0 Å². The lowest BCUT2D eigenvalue weighted by molar-refractivity contribution is -0.384. The van der Waals surface area contributed by atoms with E-state index in [1.165, 1.54) is 18.3 Å². The Labute approximate surface area is 106 Å². The molecule has 6 nitrogen and oxygen atoms in total. The van der Waals surface area contributed by atoms with Crippen molar-refractivity contribution in [3.05, 3.63) is 28.4 Å². The highest BCUT2D eigenvalue weighted by atomic mass is 16.6. The molecule has 0 saturated carbocycles. The van der Waals surface area contributed by atoms with Crippen LogP contribution in [0.3, 0.4) is 0 Å². The summed E-state index contributed by atoms with van der Waals surface area (Å²) in [5, 5.41) is 23.1. The van der Waals surface area contributed by atoms with Gasteiger partial charge in [-0.3, -0.25) is 10.1 Å². The maximum Gasteiger partial charge on any atom is 0.274 e. The number of aromatic nitrogens is 1. The van der Waals surface area contributed by atoms with Gasteiger partial charge in [-0.05, 0) is 12.8 Å². The van der Waals surface area contributed by atoms with Crippen molar-refractivity contribution in [3.63, 3.8) is 0 Å². The smallest absolute Gasteiger partial charge is 0.274 e. The molecule has 0 spiro atoms. The van der Waals surface area contributed by atoms with Crippen molar-refractivity contribution >= 4 is 11.5 Å². The molecule has 100 valence electrons. The zero-order valence-electron chi connectivity index (χ0n) is 10.7. The second-order valence-corrected chi connectivity index (χ2v) is 4.38. The normalized spacial score (nSPS) is 11.3. The van der Waals surface area contributed by atoms with E-state index in [4.69, 9.17) is 0 Å². The highest BCUT2D eigenvalue weighted by Crippen LogP contribution is 2.26. The minimum Gasteiger partial charge on any atom is -0.396 e. The molecule has 0 saturated heterocycles. The molecule has 0 aliphatic heterocycles. The average Bonchev–Trinajstić information content (AvgIpc) is 2.41. The average molecular weight is 253 g/mol. The summed E-state index contributed by atoms with van der Waals surface area (Å²) in [5.74, 6) is 0.462. The van der Waals surface area contributed by atoms with Crippen molar-refractivity contribution < 1.29 is 10.0 Å². The fourth-order valence-electron chi connectivity index (χ4n) is 1.69. The Morgan fingerprint density at radius 3 is 2.67 bits per heavy atom. The first kappa shape index (κ1) is 14.4. The summed E-state index contributed by atoms with van der Waals surface area (Å²) in [6.07, 6.45) is 3.07. The monoisotopic (exact) mass is 253 g/mol. The minimum absolute atomic E-state index is 0.00935. The van der Waals surface area contributed by atoms with Gasteiger partial charge in [0.25, 0.3) is 5.69 Å². The summed E-state index contributed by atoms with van der Waals surface area (Å²) in [7, 11) is 0. The number of anilines is 1. The Morgan fingerprint density at radius 1 is 1.50 bits per heavy atom. The first-order chi connectivity index (χ1) is 8.56. The van der Waals surface area contributed by atoms with Gasteiger partial charge in [0.05, 0.1) is 17.6 Å². The molecule has 0 aliphatic rings. The molecule has 1 heterocycles. The van der Waals surface area contributed by atoms with E-state index >= 15 is 0 Å². The quantitative estimate of drug-likeness (QED) is 0.574. The molecule has 0 aromatic carbocycles. The molecule has 0 amide bonds. The van der Waals surface area contributed by atoms with Gasteiger partial charge >= 0.3 is 0 Å². The second kappa shape index (κ2) is 6.30. The molecule has 0 atom stereocenters. The third-order valence-corrected chi connectivity index (χ3v) is 3.43. The second-order valence-electron chi connectivity index (χ2n) is 4.38. The van der Waals surface area contributed by atoms with Gasteiger partial charge in [0.2, 0.25) is 0 Å². The molecular formula is C12H19N3O3. The van der Waals surface area contributed by atoms with Gasteiger partial charge in [-0.1, -0.05) is 13.8 Å². The Hall–Kier alpha value is -1.69. The van der Waals surface area contributed by atoms with Crippen molar-refractivity contribution in [2.45, 2.75) is 26.7 Å². The number of pyridine rings is 1. The zero-order chi connectivity index (χ0) is 13.6. The number of nitrogens with zero attached hydrogens (tertiary/aromatic N) is 2. The lowest BCUT2D eigenvalue weighted by Gasteiger charge is -2.29. The molecule has 0 aliphatic carbocycles. The number of rotatable bonds is 7. The van der Waals surface area contributed by atoms with E-state index in [0.717, 1.165) is 12.8 Å². The minimum atomic E-state index is -0.453. The van der Waals surface area contributed by atoms with Crippen molar-refractivity contribution in [1.29, 1.82) is 0 Å². The predicted octanol–water partition coefficient (Wildman–Crippen LogP) is 2.20. The largest absolute Gasteiger partial charge is 0.396 e. The van der Waals surface area contributed by atoms with Crippen molar-refractivity contribution in [2.24, 2.45) is 5.41 Å². The van der Waals surface area contributed by atoms with Crippen molar-refractivity contribution in [2.75, 3.05) is 18.5 Å². The summed E-state index contributed by atoms with van der Waals surface area (Å²) in [4.78, 5) is 14.2. The fraction of sp³-hybridized carbons (Fsp3) is 0.583. The fourth-order valence-corrected chi connectivity index (χ4v) is 1.69. The van der Waals surface area contributed by atoms with Gasteiger partial charge in [0.15, 0.2) is 0 Å². The van der Waals surface area contributed by atoms with Gasteiger partial charge in [0, 0.05) is 24.2 Å². The number of hydrogen-bond donors (Lipinski definition) is 2. The van der Waals surface area contributed by atoms with Crippen LogP contribution in [0.1, 0.15) is 26.7 Å². The molecule has 0 bridgehead atoms. The Balaban J connectivity index is 2.73. The van der Waals surface area contributed by atoms with Crippen LogP contribution in [0.4, 0.5) is 11.5 Å². The topological polar surface area (TPSA) is 88.3 Å². The van der Waals surface area contributed by atoms with E-state index in [1.807, 2.05) is 13.8 Å². The summed E-state index contributed by atoms with van der Waals surface area (Å²) in [5.41, 5.74) is -0.193. The molecule has 1 rings (SSSR count). The van der Waals surface area contributed by atoms with Gasteiger partial charge in [-0.15, -0.1) is 0 Å². The van der Waals surface area contributed by atoms with Crippen LogP contribution in [0.5, 0.6) is 0 Å². The van der Waals surface area contributed by atoms with Crippen molar-refractivity contribution in [3.8, 4) is 0 Å². The molecule has 0 fully saturated rings. The number of nitro groups is 1. The standard InChI is InChI=1S/C12H19N3O3/c1-3-12(4-2,9-16)8-14-11-7-10(15(17)18)5-6-13-11/h5-7,16H,3-4,8-9H2,1-2H3,(H,13,14). The molecule has 0 unspecified atom stereocenters. The SMILES string of the molecule is CCC(CC)(CO)CNc1cc([N+](=O)[O-])ccn1. The predicted molar refractivity (Wildman–Crippen MR) is 69.5 cm³/mol. The van der Waals surface area contributed by atoms with Gasteiger partial charge in [0.1, 0.15) is 5.82 Å². The van der Waals surface area contributed by atoms with E-state index in [1.54, 1.807) is 0 Å². The molecule has 18 heavy (non-hydrogen) atoms. The van der Waals surface area contributed by atoms with Crippen LogP contribution in [0, 0.1) is 15.5 Å². The molecule has 1 aromatic rings. The van der Waals surface area contributed by atoms with Gasteiger partial charge in [-0.25, -0.2) is 4.98 Å². The summed E-state index contributed by atoms with van der Waals surface area (Å²) in [6.45, 7) is 4.66.